The molecule has 2 atom stereocenters. The van der Waals surface area contributed by atoms with Crippen molar-refractivity contribution in [2.24, 2.45) is 5.41 Å². The summed E-state index contributed by atoms with van der Waals surface area (Å²) in [6.45, 7) is 6.82. The minimum Gasteiger partial charge on any atom is -0.323 e. The quantitative estimate of drug-likeness (QED) is 0.776. The van der Waals surface area contributed by atoms with Crippen LogP contribution in [-0.2, 0) is 4.79 Å². The molecule has 102 valence electrons. The molecule has 1 heterocycles. The normalized spacial score (nSPS) is 37.9. The summed E-state index contributed by atoms with van der Waals surface area (Å²) in [6, 6.07) is 0.468. The zero-order valence-corrected chi connectivity index (χ0v) is 12.0. The predicted molar refractivity (Wildman–Crippen MR) is 72.1 cm³/mol. The molecule has 0 aromatic heterocycles. The summed E-state index contributed by atoms with van der Waals surface area (Å²) in [7, 11) is 0. The third-order valence-electron chi connectivity index (χ3n) is 5.34. The molecule has 3 nitrogen and oxygen atoms in total. The third kappa shape index (κ3) is 1.78. The maximum absolute atomic E-state index is 12.8. The number of nitrogens with zero attached hydrogens (tertiary/aromatic N) is 1. The molecule has 2 unspecified atom stereocenters. The number of amides is 1. The molecule has 0 radical (unpaired) electrons. The minimum atomic E-state index is -0.188. The molecule has 1 amide bonds. The van der Waals surface area contributed by atoms with Gasteiger partial charge in [-0.3, -0.25) is 10.1 Å². The van der Waals surface area contributed by atoms with E-state index in [9.17, 15) is 4.79 Å². The van der Waals surface area contributed by atoms with Crippen molar-refractivity contribution in [3.8, 4) is 0 Å². The van der Waals surface area contributed by atoms with Crippen LogP contribution in [0.4, 0.5) is 0 Å². The smallest absolute Gasteiger partial charge is 0.244 e. The molecule has 2 aliphatic carbocycles. The van der Waals surface area contributed by atoms with Crippen LogP contribution in [0, 0.1) is 5.41 Å². The summed E-state index contributed by atoms with van der Waals surface area (Å²) < 4.78 is 0. The van der Waals surface area contributed by atoms with E-state index in [0.29, 0.717) is 17.4 Å². The van der Waals surface area contributed by atoms with Crippen molar-refractivity contribution in [2.75, 3.05) is 0 Å². The van der Waals surface area contributed by atoms with Crippen LogP contribution in [0.3, 0.4) is 0 Å². The Morgan fingerprint density at radius 1 is 1.22 bits per heavy atom. The second kappa shape index (κ2) is 3.96. The Morgan fingerprint density at radius 2 is 1.89 bits per heavy atom. The molecule has 1 saturated heterocycles. The fraction of sp³-hybridized carbons (Fsp3) is 0.933. The summed E-state index contributed by atoms with van der Waals surface area (Å²) >= 11 is 0. The van der Waals surface area contributed by atoms with Gasteiger partial charge in [0.25, 0.3) is 0 Å². The number of nitrogens with one attached hydrogen (secondary N) is 1. The van der Waals surface area contributed by atoms with Crippen LogP contribution in [-0.4, -0.2) is 28.6 Å². The Balaban J connectivity index is 1.79. The standard InChI is InChI=1S/C15H26N2O/c1-11-16-15(7-4-5-8-15)13(18)17(11)12-6-9-14(2,3)10-12/h11-12,16H,4-10H2,1-3H3. The first-order chi connectivity index (χ1) is 8.44. The first-order valence-corrected chi connectivity index (χ1v) is 7.54. The van der Waals surface area contributed by atoms with Crippen molar-refractivity contribution in [1.82, 2.24) is 10.2 Å². The Morgan fingerprint density at radius 3 is 2.44 bits per heavy atom. The molecule has 0 bridgehead atoms. The van der Waals surface area contributed by atoms with E-state index in [-0.39, 0.29) is 11.7 Å². The van der Waals surface area contributed by atoms with Gasteiger partial charge in [0.15, 0.2) is 0 Å². The van der Waals surface area contributed by atoms with Crippen LogP contribution in [0.5, 0.6) is 0 Å². The molecule has 0 aromatic rings. The third-order valence-corrected chi connectivity index (χ3v) is 5.34. The van der Waals surface area contributed by atoms with Gasteiger partial charge in [-0.2, -0.15) is 0 Å². The monoisotopic (exact) mass is 250 g/mol. The van der Waals surface area contributed by atoms with E-state index >= 15 is 0 Å². The molecule has 1 N–H and O–H groups in total. The van der Waals surface area contributed by atoms with Crippen LogP contribution in [0.15, 0.2) is 0 Å². The van der Waals surface area contributed by atoms with Gasteiger partial charge >= 0.3 is 0 Å². The molecule has 3 fully saturated rings. The lowest BCUT2D eigenvalue weighted by molar-refractivity contribution is -0.135. The zero-order valence-electron chi connectivity index (χ0n) is 12.0. The van der Waals surface area contributed by atoms with Gasteiger partial charge in [0.05, 0.1) is 11.7 Å². The largest absolute Gasteiger partial charge is 0.323 e. The predicted octanol–water partition coefficient (Wildman–Crippen LogP) is 2.66. The lowest BCUT2D eigenvalue weighted by Crippen LogP contribution is -2.45. The van der Waals surface area contributed by atoms with Crippen molar-refractivity contribution in [2.45, 2.75) is 83.5 Å². The van der Waals surface area contributed by atoms with Crippen LogP contribution < -0.4 is 5.32 Å². The van der Waals surface area contributed by atoms with E-state index in [2.05, 4.69) is 31.0 Å². The Bertz CT molecular complexity index is 358. The lowest BCUT2D eigenvalue weighted by atomic mass is 9.91. The SMILES string of the molecule is CC1NC2(CCCC2)C(=O)N1C1CCC(C)(C)C1. The Labute approximate surface area is 110 Å². The second-order valence-electron chi connectivity index (χ2n) is 7.38. The summed E-state index contributed by atoms with van der Waals surface area (Å²) in [6.07, 6.45) is 8.33. The van der Waals surface area contributed by atoms with Crippen molar-refractivity contribution in [3.63, 3.8) is 0 Å². The molecule has 3 aliphatic rings. The average molecular weight is 250 g/mol. The van der Waals surface area contributed by atoms with E-state index in [1.807, 2.05) is 0 Å². The minimum absolute atomic E-state index is 0.188. The van der Waals surface area contributed by atoms with Crippen LogP contribution in [0.1, 0.15) is 65.7 Å². The van der Waals surface area contributed by atoms with Crippen molar-refractivity contribution in [1.29, 1.82) is 0 Å². The number of carbonyl (C=O) groups excluding carboxylic acids is 1. The van der Waals surface area contributed by atoms with Crippen LogP contribution >= 0.6 is 0 Å². The van der Waals surface area contributed by atoms with Gasteiger partial charge in [0.1, 0.15) is 0 Å². The van der Waals surface area contributed by atoms with Crippen molar-refractivity contribution in [3.05, 3.63) is 0 Å². The van der Waals surface area contributed by atoms with E-state index in [4.69, 9.17) is 0 Å². The number of hydrogen-bond acceptors (Lipinski definition) is 2. The van der Waals surface area contributed by atoms with Gasteiger partial charge in [-0.15, -0.1) is 0 Å². The second-order valence-corrected chi connectivity index (χ2v) is 7.38. The van der Waals surface area contributed by atoms with Crippen molar-refractivity contribution >= 4 is 5.91 Å². The number of rotatable bonds is 1. The Kier molecular flexibility index (Phi) is 2.74. The summed E-state index contributed by atoms with van der Waals surface area (Å²) in [4.78, 5) is 15.0. The van der Waals surface area contributed by atoms with Gasteiger partial charge in [-0.1, -0.05) is 26.7 Å². The van der Waals surface area contributed by atoms with Gasteiger partial charge in [-0.05, 0) is 44.4 Å². The highest BCUT2D eigenvalue weighted by Crippen LogP contribution is 2.44. The van der Waals surface area contributed by atoms with E-state index in [1.165, 1.54) is 32.1 Å². The average Bonchev–Trinajstić information content (AvgIpc) is 2.92. The van der Waals surface area contributed by atoms with Gasteiger partial charge in [-0.25, -0.2) is 0 Å². The van der Waals surface area contributed by atoms with Crippen LogP contribution in [0.25, 0.3) is 0 Å². The topological polar surface area (TPSA) is 32.3 Å². The highest BCUT2D eigenvalue weighted by atomic mass is 16.2. The van der Waals surface area contributed by atoms with Gasteiger partial charge in [0, 0.05) is 6.04 Å². The molecule has 1 aliphatic heterocycles. The maximum atomic E-state index is 12.8. The summed E-state index contributed by atoms with van der Waals surface area (Å²) in [5.41, 5.74) is 0.224. The molecule has 3 rings (SSSR count). The van der Waals surface area contributed by atoms with Crippen molar-refractivity contribution < 1.29 is 4.79 Å². The van der Waals surface area contributed by atoms with Crippen LogP contribution in [0.2, 0.25) is 0 Å². The summed E-state index contributed by atoms with van der Waals surface area (Å²) in [5, 5.41) is 3.61. The number of hydrogen-bond donors (Lipinski definition) is 1. The van der Waals surface area contributed by atoms with Gasteiger partial charge in [0.2, 0.25) is 5.91 Å². The van der Waals surface area contributed by atoms with Gasteiger partial charge < -0.3 is 4.90 Å². The molecule has 18 heavy (non-hydrogen) atoms. The lowest BCUT2D eigenvalue weighted by Gasteiger charge is -2.29. The molecule has 3 heteroatoms. The number of carbonyl (C=O) groups is 1. The maximum Gasteiger partial charge on any atom is 0.244 e. The summed E-state index contributed by atoms with van der Waals surface area (Å²) in [5.74, 6) is 0.398. The molecule has 0 aromatic carbocycles. The molecular formula is C15H26N2O. The highest BCUT2D eigenvalue weighted by Gasteiger charge is 2.53. The fourth-order valence-corrected chi connectivity index (χ4v) is 4.41. The first-order valence-electron chi connectivity index (χ1n) is 7.54. The first kappa shape index (κ1) is 12.5. The van der Waals surface area contributed by atoms with E-state index in [1.54, 1.807) is 0 Å². The molecule has 1 spiro atoms. The van der Waals surface area contributed by atoms with E-state index < -0.39 is 0 Å². The molecule has 2 saturated carbocycles. The molecular weight excluding hydrogens is 224 g/mol. The fourth-order valence-electron chi connectivity index (χ4n) is 4.41. The zero-order chi connectivity index (χ0) is 13.0. The van der Waals surface area contributed by atoms with E-state index in [0.717, 1.165) is 12.8 Å². The Hall–Kier alpha value is -0.570. The highest BCUT2D eigenvalue weighted by molar-refractivity contribution is 5.89.